The summed E-state index contributed by atoms with van der Waals surface area (Å²) < 4.78 is 16.2. The van der Waals surface area contributed by atoms with E-state index >= 15 is 0 Å². The van der Waals surface area contributed by atoms with Gasteiger partial charge in [-0.2, -0.15) is 0 Å². The van der Waals surface area contributed by atoms with E-state index in [1.165, 1.54) is 0 Å². The number of rotatable bonds is 7. The molecule has 0 aromatic heterocycles. The minimum Gasteiger partial charge on any atom is -0.497 e. The van der Waals surface area contributed by atoms with E-state index < -0.39 is 0 Å². The lowest BCUT2D eigenvalue weighted by Crippen LogP contribution is -2.27. The molecular weight excluding hydrogens is 318 g/mol. The first kappa shape index (κ1) is 18.6. The predicted octanol–water partition coefficient (Wildman–Crippen LogP) is 3.98. The van der Waals surface area contributed by atoms with Crippen molar-refractivity contribution in [3.8, 4) is 17.2 Å². The molecule has 2 aromatic carbocycles. The van der Waals surface area contributed by atoms with Gasteiger partial charge in [0.05, 0.1) is 26.4 Å². The molecule has 0 aliphatic carbocycles. The number of carbonyl (C=O) groups excluding carboxylic acids is 1. The highest BCUT2D eigenvalue weighted by atomic mass is 16.5. The lowest BCUT2D eigenvalue weighted by atomic mass is 10.1. The number of nitrogens with one attached hydrogen (secondary N) is 1. The average Bonchev–Trinajstić information content (AvgIpc) is 2.61. The van der Waals surface area contributed by atoms with Crippen molar-refractivity contribution in [2.75, 3.05) is 14.2 Å². The van der Waals surface area contributed by atoms with Gasteiger partial charge >= 0.3 is 0 Å². The molecule has 0 aliphatic rings. The van der Waals surface area contributed by atoms with E-state index in [0.717, 1.165) is 11.3 Å². The molecule has 134 valence electrons. The number of hydrogen-bond donors (Lipinski definition) is 1. The first-order chi connectivity index (χ1) is 11.9. The second-order valence-electron chi connectivity index (χ2n) is 5.99. The Kier molecular flexibility index (Phi) is 6.28. The van der Waals surface area contributed by atoms with Gasteiger partial charge in [-0.25, -0.2) is 0 Å². The number of benzene rings is 2. The lowest BCUT2D eigenvalue weighted by Gasteiger charge is -2.18. The molecule has 0 bridgehead atoms. The molecular formula is C20H25NO4. The van der Waals surface area contributed by atoms with Crippen molar-refractivity contribution in [3.05, 3.63) is 53.6 Å². The summed E-state index contributed by atoms with van der Waals surface area (Å²) in [5, 5.41) is 2.98. The van der Waals surface area contributed by atoms with Crippen molar-refractivity contribution >= 4 is 5.91 Å². The third-order valence-corrected chi connectivity index (χ3v) is 3.74. The molecule has 5 nitrogen and oxygen atoms in total. The zero-order valence-electron chi connectivity index (χ0n) is 15.3. The molecule has 0 radical (unpaired) electrons. The van der Waals surface area contributed by atoms with E-state index in [-0.39, 0.29) is 18.1 Å². The Hall–Kier alpha value is -2.69. The standard InChI is InChI=1S/C20H25NO4/c1-13(2)25-16-8-6-15(7-9-16)20(22)21-14(3)18-12-17(23-4)10-11-19(18)24-5/h6-14H,1-5H3,(H,21,22)/t14-/m1/s1. The Morgan fingerprint density at radius 2 is 1.56 bits per heavy atom. The highest BCUT2D eigenvalue weighted by Crippen LogP contribution is 2.29. The zero-order chi connectivity index (χ0) is 18.4. The molecule has 0 saturated heterocycles. The van der Waals surface area contributed by atoms with Gasteiger partial charge in [0.2, 0.25) is 0 Å². The Labute approximate surface area is 148 Å². The van der Waals surface area contributed by atoms with E-state index in [4.69, 9.17) is 14.2 Å². The van der Waals surface area contributed by atoms with Gasteiger partial charge in [0.15, 0.2) is 0 Å². The summed E-state index contributed by atoms with van der Waals surface area (Å²) in [5.41, 5.74) is 1.43. The van der Waals surface area contributed by atoms with Gasteiger partial charge in [-0.1, -0.05) is 0 Å². The van der Waals surface area contributed by atoms with E-state index in [2.05, 4.69) is 5.32 Å². The van der Waals surface area contributed by atoms with Crippen LogP contribution in [0.25, 0.3) is 0 Å². The summed E-state index contributed by atoms with van der Waals surface area (Å²) in [6.45, 7) is 5.83. The molecule has 0 aliphatic heterocycles. The van der Waals surface area contributed by atoms with E-state index in [1.807, 2.05) is 39.0 Å². The summed E-state index contributed by atoms with van der Waals surface area (Å²) in [4.78, 5) is 12.5. The van der Waals surface area contributed by atoms with E-state index in [9.17, 15) is 4.79 Å². The molecule has 0 saturated carbocycles. The van der Waals surface area contributed by atoms with Crippen molar-refractivity contribution in [2.45, 2.75) is 32.9 Å². The third kappa shape index (κ3) is 4.89. The van der Waals surface area contributed by atoms with Crippen molar-refractivity contribution in [1.82, 2.24) is 5.32 Å². The largest absolute Gasteiger partial charge is 0.497 e. The fraction of sp³-hybridized carbons (Fsp3) is 0.350. The van der Waals surface area contributed by atoms with Gasteiger partial charge < -0.3 is 19.5 Å². The molecule has 1 N–H and O–H groups in total. The summed E-state index contributed by atoms with van der Waals surface area (Å²) in [5.74, 6) is 2.00. The maximum absolute atomic E-state index is 12.5. The quantitative estimate of drug-likeness (QED) is 0.826. The number of ether oxygens (including phenoxy) is 3. The number of methoxy groups -OCH3 is 2. The van der Waals surface area contributed by atoms with Crippen LogP contribution in [0.2, 0.25) is 0 Å². The van der Waals surface area contributed by atoms with Crippen LogP contribution >= 0.6 is 0 Å². The molecule has 1 amide bonds. The third-order valence-electron chi connectivity index (χ3n) is 3.74. The SMILES string of the molecule is COc1ccc(OC)c([C@@H](C)NC(=O)c2ccc(OC(C)C)cc2)c1. The normalized spacial score (nSPS) is 11.8. The summed E-state index contributed by atoms with van der Waals surface area (Å²) in [6, 6.07) is 12.4. The Morgan fingerprint density at radius 1 is 0.920 bits per heavy atom. The molecule has 25 heavy (non-hydrogen) atoms. The van der Waals surface area contributed by atoms with Crippen LogP contribution in [0.15, 0.2) is 42.5 Å². The van der Waals surface area contributed by atoms with Crippen LogP contribution in [0.3, 0.4) is 0 Å². The van der Waals surface area contributed by atoms with Crippen LogP contribution in [0.4, 0.5) is 0 Å². The number of hydrogen-bond acceptors (Lipinski definition) is 4. The lowest BCUT2D eigenvalue weighted by molar-refractivity contribution is 0.0939. The number of amides is 1. The molecule has 0 spiro atoms. The van der Waals surface area contributed by atoms with Crippen LogP contribution in [-0.2, 0) is 0 Å². The van der Waals surface area contributed by atoms with Crippen LogP contribution in [0.5, 0.6) is 17.2 Å². The van der Waals surface area contributed by atoms with Crippen molar-refractivity contribution in [2.24, 2.45) is 0 Å². The van der Waals surface area contributed by atoms with Crippen molar-refractivity contribution in [1.29, 1.82) is 0 Å². The fourth-order valence-electron chi connectivity index (χ4n) is 2.49. The summed E-state index contributed by atoms with van der Waals surface area (Å²) >= 11 is 0. The second-order valence-corrected chi connectivity index (χ2v) is 5.99. The van der Waals surface area contributed by atoms with Crippen molar-refractivity contribution < 1.29 is 19.0 Å². The van der Waals surface area contributed by atoms with Crippen molar-refractivity contribution in [3.63, 3.8) is 0 Å². The molecule has 0 heterocycles. The minimum atomic E-state index is -0.232. The Morgan fingerprint density at radius 3 is 2.12 bits per heavy atom. The highest BCUT2D eigenvalue weighted by molar-refractivity contribution is 5.94. The predicted molar refractivity (Wildman–Crippen MR) is 97.6 cm³/mol. The summed E-state index contributed by atoms with van der Waals surface area (Å²) in [6.07, 6.45) is 0.0974. The van der Waals surface area contributed by atoms with Gasteiger partial charge in [0.1, 0.15) is 17.2 Å². The highest BCUT2D eigenvalue weighted by Gasteiger charge is 2.16. The van der Waals surface area contributed by atoms with Gasteiger partial charge in [-0.3, -0.25) is 4.79 Å². The number of carbonyl (C=O) groups is 1. The molecule has 2 aromatic rings. The first-order valence-electron chi connectivity index (χ1n) is 8.24. The minimum absolute atomic E-state index is 0.0974. The molecule has 5 heteroatoms. The van der Waals surface area contributed by atoms with Crippen LogP contribution in [0.1, 0.15) is 42.7 Å². The first-order valence-corrected chi connectivity index (χ1v) is 8.24. The monoisotopic (exact) mass is 343 g/mol. The van der Waals surface area contributed by atoms with Gasteiger partial charge in [-0.05, 0) is 63.2 Å². The van der Waals surface area contributed by atoms with Crippen LogP contribution < -0.4 is 19.5 Å². The zero-order valence-corrected chi connectivity index (χ0v) is 15.3. The maximum atomic E-state index is 12.5. The second kappa shape index (κ2) is 8.42. The maximum Gasteiger partial charge on any atom is 0.251 e. The topological polar surface area (TPSA) is 56.8 Å². The molecule has 2 rings (SSSR count). The Bertz CT molecular complexity index is 710. The van der Waals surface area contributed by atoms with E-state index in [1.54, 1.807) is 38.5 Å². The molecule has 0 fully saturated rings. The molecule has 0 unspecified atom stereocenters. The fourth-order valence-corrected chi connectivity index (χ4v) is 2.49. The van der Waals surface area contributed by atoms with Crippen LogP contribution in [0, 0.1) is 0 Å². The van der Waals surface area contributed by atoms with Gasteiger partial charge in [0, 0.05) is 11.1 Å². The van der Waals surface area contributed by atoms with Gasteiger partial charge in [0.25, 0.3) is 5.91 Å². The summed E-state index contributed by atoms with van der Waals surface area (Å²) in [7, 11) is 3.21. The molecule has 1 atom stereocenters. The Balaban J connectivity index is 2.12. The smallest absolute Gasteiger partial charge is 0.251 e. The van der Waals surface area contributed by atoms with E-state index in [0.29, 0.717) is 17.1 Å². The van der Waals surface area contributed by atoms with Gasteiger partial charge in [-0.15, -0.1) is 0 Å². The average molecular weight is 343 g/mol. The van der Waals surface area contributed by atoms with Crippen LogP contribution in [-0.4, -0.2) is 26.2 Å².